The van der Waals surface area contributed by atoms with E-state index >= 15 is 0 Å². The normalized spacial score (nSPS) is 13.6. The Morgan fingerprint density at radius 2 is 2.05 bits per heavy atom. The average molecular weight is 286 g/mol. The first-order valence-corrected chi connectivity index (χ1v) is 7.87. The topological polar surface area (TPSA) is 54.0 Å². The summed E-state index contributed by atoms with van der Waals surface area (Å²) in [7, 11) is 2.95. The van der Waals surface area contributed by atoms with Crippen LogP contribution in [0.3, 0.4) is 0 Å². The van der Waals surface area contributed by atoms with E-state index in [1.807, 2.05) is 29.8 Å². The minimum Gasteiger partial charge on any atom is -0.242 e. The van der Waals surface area contributed by atoms with E-state index in [0.717, 1.165) is 16.4 Å². The minimum absolute atomic E-state index is 0.478. The molecule has 1 aliphatic heterocycles. The number of hydrogen-bond acceptors (Lipinski definition) is 5. The van der Waals surface area contributed by atoms with Crippen molar-refractivity contribution in [1.29, 1.82) is 5.26 Å². The van der Waals surface area contributed by atoms with Crippen LogP contribution in [0.4, 0.5) is 5.82 Å². The van der Waals surface area contributed by atoms with Gasteiger partial charge < -0.3 is 0 Å². The van der Waals surface area contributed by atoms with E-state index in [4.69, 9.17) is 5.26 Å². The van der Waals surface area contributed by atoms with Crippen molar-refractivity contribution in [3.8, 4) is 6.07 Å². The van der Waals surface area contributed by atoms with Gasteiger partial charge in [-0.25, -0.2) is 9.67 Å². The van der Waals surface area contributed by atoms with Gasteiger partial charge in [0.05, 0.1) is 17.1 Å². The molecule has 0 unspecified atom stereocenters. The minimum atomic E-state index is 0.478. The first-order chi connectivity index (χ1) is 9.28. The van der Waals surface area contributed by atoms with Gasteiger partial charge in [0.1, 0.15) is 6.07 Å². The molecule has 0 fully saturated rings. The molecule has 0 radical (unpaired) electrons. The first kappa shape index (κ1) is 12.3. The Hall–Kier alpha value is -1.71. The number of fused-ring (bicyclic) bond motifs is 1. The molecule has 1 aliphatic rings. The fourth-order valence-electron chi connectivity index (χ4n) is 1.87. The summed E-state index contributed by atoms with van der Waals surface area (Å²) in [4.78, 5) is 5.43. The molecule has 19 heavy (non-hydrogen) atoms. The van der Waals surface area contributed by atoms with Gasteiger partial charge >= 0.3 is 0 Å². The van der Waals surface area contributed by atoms with Crippen LogP contribution in [-0.2, 0) is 6.54 Å². The smallest absolute Gasteiger partial charge is 0.187 e. The van der Waals surface area contributed by atoms with Crippen LogP contribution in [0.25, 0.3) is 0 Å². The van der Waals surface area contributed by atoms with E-state index in [-0.39, 0.29) is 0 Å². The number of nitrogens with zero attached hydrogens (tertiary/aromatic N) is 4. The van der Waals surface area contributed by atoms with Gasteiger partial charge in [-0.15, -0.1) is 0 Å². The fraction of sp³-hybridized carbons (Fsp3) is 0.154. The maximum atomic E-state index is 8.96. The van der Waals surface area contributed by atoms with Crippen molar-refractivity contribution in [2.24, 2.45) is 4.99 Å². The molecule has 2 heterocycles. The van der Waals surface area contributed by atoms with Gasteiger partial charge in [-0.3, -0.25) is 0 Å². The van der Waals surface area contributed by atoms with E-state index in [1.165, 1.54) is 16.4 Å². The lowest BCUT2D eigenvalue weighted by molar-refractivity contribution is 0.683. The Balaban J connectivity index is 2.01. The number of nitriles is 1. The molecule has 1 aromatic heterocycles. The van der Waals surface area contributed by atoms with Crippen molar-refractivity contribution < 1.29 is 0 Å². The second-order valence-corrected chi connectivity index (χ2v) is 6.21. The molecule has 0 saturated heterocycles. The van der Waals surface area contributed by atoms with Gasteiger partial charge in [-0.2, -0.15) is 10.4 Å². The molecule has 0 saturated carbocycles. The Kier molecular flexibility index (Phi) is 3.32. The number of hydrogen-bond donors (Lipinski definition) is 0. The van der Waals surface area contributed by atoms with Gasteiger partial charge in [0, 0.05) is 0 Å². The zero-order valence-corrected chi connectivity index (χ0v) is 11.8. The van der Waals surface area contributed by atoms with Crippen LogP contribution in [0.1, 0.15) is 11.3 Å². The molecule has 94 valence electrons. The molecule has 0 aliphatic carbocycles. The van der Waals surface area contributed by atoms with Crippen LogP contribution in [0, 0.1) is 18.3 Å². The highest BCUT2D eigenvalue weighted by atomic mass is 33.1. The van der Waals surface area contributed by atoms with Gasteiger partial charge in [0.2, 0.25) is 0 Å². The third-order valence-corrected chi connectivity index (χ3v) is 5.02. The molecular formula is C13H10N4S2. The molecule has 0 bridgehead atoms. The number of aliphatic imine (C=N–C) groups is 1. The molecule has 0 atom stereocenters. The summed E-state index contributed by atoms with van der Waals surface area (Å²) in [5.41, 5.74) is 2.13. The highest BCUT2D eigenvalue weighted by Crippen LogP contribution is 2.45. The standard InChI is InChI=1S/C13H10N4S2/c1-9-12-13(15-11(7-14)18-19-12)17(16-9)8-10-5-3-2-4-6-10/h2-6H,8H2,1H3. The Labute approximate surface area is 118 Å². The number of aromatic nitrogens is 2. The molecule has 2 aromatic rings. The molecule has 1 aromatic carbocycles. The van der Waals surface area contributed by atoms with Gasteiger partial charge in [0.25, 0.3) is 0 Å². The van der Waals surface area contributed by atoms with E-state index < -0.39 is 0 Å². The highest BCUT2D eigenvalue weighted by Gasteiger charge is 2.21. The third kappa shape index (κ3) is 2.39. The van der Waals surface area contributed by atoms with Crippen LogP contribution < -0.4 is 0 Å². The summed E-state index contributed by atoms with van der Waals surface area (Å²) in [5.74, 6) is 0.793. The van der Waals surface area contributed by atoms with Crippen LogP contribution in [0.15, 0.2) is 40.2 Å². The first-order valence-electron chi connectivity index (χ1n) is 5.72. The average Bonchev–Trinajstić information content (AvgIpc) is 2.76. The van der Waals surface area contributed by atoms with E-state index in [9.17, 15) is 0 Å². The number of aryl methyl sites for hydroxylation is 1. The summed E-state index contributed by atoms with van der Waals surface area (Å²) in [6.07, 6.45) is 0. The predicted octanol–water partition coefficient (Wildman–Crippen LogP) is 3.55. The van der Waals surface area contributed by atoms with Crippen molar-refractivity contribution in [1.82, 2.24) is 9.78 Å². The lowest BCUT2D eigenvalue weighted by Gasteiger charge is -2.09. The lowest BCUT2D eigenvalue weighted by atomic mass is 10.2. The zero-order chi connectivity index (χ0) is 13.2. The Morgan fingerprint density at radius 3 is 2.79 bits per heavy atom. The van der Waals surface area contributed by atoms with Crippen LogP contribution >= 0.6 is 21.6 Å². The van der Waals surface area contributed by atoms with Crippen molar-refractivity contribution in [3.05, 3.63) is 41.6 Å². The second-order valence-electron chi connectivity index (χ2n) is 4.08. The predicted molar refractivity (Wildman–Crippen MR) is 78.7 cm³/mol. The van der Waals surface area contributed by atoms with Crippen molar-refractivity contribution in [2.75, 3.05) is 0 Å². The third-order valence-electron chi connectivity index (χ3n) is 2.73. The molecule has 4 nitrogen and oxygen atoms in total. The SMILES string of the molecule is Cc1nn(Cc2ccccc2)c2c1SSC(C#N)=N2. The summed E-state index contributed by atoms with van der Waals surface area (Å²) in [6, 6.07) is 12.2. The summed E-state index contributed by atoms with van der Waals surface area (Å²) < 4.78 is 1.87. The summed E-state index contributed by atoms with van der Waals surface area (Å²) >= 11 is 0. The Bertz CT molecular complexity index is 683. The van der Waals surface area contributed by atoms with Gasteiger partial charge in [-0.05, 0) is 34.1 Å². The van der Waals surface area contributed by atoms with Crippen molar-refractivity contribution in [2.45, 2.75) is 18.4 Å². The maximum Gasteiger partial charge on any atom is 0.187 e. The van der Waals surface area contributed by atoms with Crippen molar-refractivity contribution in [3.63, 3.8) is 0 Å². The van der Waals surface area contributed by atoms with Crippen LogP contribution in [0.5, 0.6) is 0 Å². The quantitative estimate of drug-likeness (QED) is 0.792. The molecular weight excluding hydrogens is 276 g/mol. The Morgan fingerprint density at radius 1 is 1.26 bits per heavy atom. The molecule has 0 amide bonds. The monoisotopic (exact) mass is 286 g/mol. The molecule has 0 N–H and O–H groups in total. The van der Waals surface area contributed by atoms with E-state index in [2.05, 4.69) is 28.3 Å². The van der Waals surface area contributed by atoms with Gasteiger partial charge in [-0.1, -0.05) is 30.3 Å². The number of benzene rings is 1. The van der Waals surface area contributed by atoms with E-state index in [0.29, 0.717) is 11.6 Å². The largest absolute Gasteiger partial charge is 0.242 e. The second kappa shape index (κ2) is 5.11. The fourth-order valence-corrected chi connectivity index (χ4v) is 3.87. The van der Waals surface area contributed by atoms with E-state index in [1.54, 1.807) is 10.8 Å². The number of rotatable bonds is 2. The molecule has 6 heteroatoms. The van der Waals surface area contributed by atoms with Crippen LogP contribution in [-0.4, -0.2) is 14.8 Å². The molecule has 0 spiro atoms. The summed E-state index contributed by atoms with van der Waals surface area (Å²) in [6.45, 7) is 2.64. The summed E-state index contributed by atoms with van der Waals surface area (Å²) in [5, 5.41) is 14.0. The maximum absolute atomic E-state index is 8.96. The lowest BCUT2D eigenvalue weighted by Crippen LogP contribution is -2.02. The highest BCUT2D eigenvalue weighted by molar-refractivity contribution is 8.82. The van der Waals surface area contributed by atoms with Crippen molar-refractivity contribution >= 4 is 32.4 Å². The van der Waals surface area contributed by atoms with Crippen LogP contribution in [0.2, 0.25) is 0 Å². The van der Waals surface area contributed by atoms with Gasteiger partial charge in [0.15, 0.2) is 10.9 Å². The zero-order valence-electron chi connectivity index (χ0n) is 10.2. The molecule has 3 rings (SSSR count).